The molecule has 1 aromatic rings. The van der Waals surface area contributed by atoms with E-state index in [2.05, 4.69) is 48.6 Å². The lowest BCUT2D eigenvalue weighted by Gasteiger charge is -2.25. The van der Waals surface area contributed by atoms with Gasteiger partial charge in [-0.25, -0.2) is 0 Å². The summed E-state index contributed by atoms with van der Waals surface area (Å²) in [7, 11) is 1.73. The van der Waals surface area contributed by atoms with Gasteiger partial charge < -0.3 is 4.74 Å². The largest absolute Gasteiger partial charge is 0.496 e. The Kier molecular flexibility index (Phi) is 5.84. The van der Waals surface area contributed by atoms with Crippen LogP contribution in [-0.4, -0.2) is 16.9 Å². The molecule has 0 fully saturated rings. The highest BCUT2D eigenvalue weighted by Gasteiger charge is 2.21. The maximum absolute atomic E-state index is 5.45. The van der Waals surface area contributed by atoms with Crippen molar-refractivity contribution in [1.82, 2.24) is 4.98 Å². The molecule has 0 saturated heterocycles. The third kappa shape index (κ3) is 4.48. The van der Waals surface area contributed by atoms with Gasteiger partial charge in [-0.15, -0.1) is 0 Å². The fourth-order valence-electron chi connectivity index (χ4n) is 2.20. The number of aryl methyl sites for hydroxylation is 2. The van der Waals surface area contributed by atoms with Crippen molar-refractivity contribution in [2.24, 2.45) is 5.41 Å². The van der Waals surface area contributed by atoms with Gasteiger partial charge in [-0.05, 0) is 38.5 Å². The number of methoxy groups -OCH3 is 1. The Morgan fingerprint density at radius 1 is 1.32 bits per heavy atom. The van der Waals surface area contributed by atoms with Gasteiger partial charge in [0, 0.05) is 27.8 Å². The Morgan fingerprint density at radius 3 is 2.47 bits per heavy atom. The first kappa shape index (κ1) is 16.5. The molecule has 2 nitrogen and oxygen atoms in total. The van der Waals surface area contributed by atoms with Gasteiger partial charge in [-0.1, -0.05) is 36.7 Å². The molecule has 1 unspecified atom stereocenters. The number of hydrogen-bond acceptors (Lipinski definition) is 2. The Bertz CT molecular complexity index is 423. The molecule has 0 aromatic carbocycles. The Labute approximate surface area is 126 Å². The summed E-state index contributed by atoms with van der Waals surface area (Å²) in [5, 5.41) is 0. The number of pyridine rings is 1. The van der Waals surface area contributed by atoms with E-state index in [1.165, 1.54) is 12.0 Å². The SMILES string of the molecule is COc1c(C)cnc(CCCC(Br)C(C)(C)C)c1C. The molecule has 19 heavy (non-hydrogen) atoms. The van der Waals surface area contributed by atoms with Crippen LogP contribution in [0, 0.1) is 19.3 Å². The van der Waals surface area contributed by atoms with Crippen molar-refractivity contribution in [3.05, 3.63) is 23.0 Å². The molecule has 0 spiro atoms. The highest BCUT2D eigenvalue weighted by Crippen LogP contribution is 2.30. The highest BCUT2D eigenvalue weighted by atomic mass is 79.9. The monoisotopic (exact) mass is 327 g/mol. The minimum atomic E-state index is 0.313. The van der Waals surface area contributed by atoms with Crippen LogP contribution in [0.2, 0.25) is 0 Å². The fourth-order valence-corrected chi connectivity index (χ4v) is 2.53. The second kappa shape index (κ2) is 6.74. The van der Waals surface area contributed by atoms with E-state index >= 15 is 0 Å². The molecular formula is C16H26BrNO. The van der Waals surface area contributed by atoms with Gasteiger partial charge >= 0.3 is 0 Å². The number of nitrogens with zero attached hydrogens (tertiary/aromatic N) is 1. The lowest BCUT2D eigenvalue weighted by Crippen LogP contribution is -2.20. The minimum Gasteiger partial charge on any atom is -0.496 e. The van der Waals surface area contributed by atoms with Crippen LogP contribution in [0.3, 0.4) is 0 Å². The first-order valence-corrected chi connectivity index (χ1v) is 7.82. The van der Waals surface area contributed by atoms with Crippen LogP contribution in [0.4, 0.5) is 0 Å². The van der Waals surface area contributed by atoms with Gasteiger partial charge in [-0.3, -0.25) is 4.98 Å². The maximum atomic E-state index is 5.45. The van der Waals surface area contributed by atoms with Crippen LogP contribution in [0.25, 0.3) is 0 Å². The Morgan fingerprint density at radius 2 is 1.95 bits per heavy atom. The van der Waals surface area contributed by atoms with Crippen LogP contribution >= 0.6 is 15.9 Å². The van der Waals surface area contributed by atoms with Crippen molar-refractivity contribution in [2.75, 3.05) is 7.11 Å². The molecule has 0 aliphatic heterocycles. The topological polar surface area (TPSA) is 22.1 Å². The van der Waals surface area contributed by atoms with Crippen molar-refractivity contribution >= 4 is 15.9 Å². The molecule has 1 atom stereocenters. The van der Waals surface area contributed by atoms with Gasteiger partial charge in [0.05, 0.1) is 7.11 Å². The quantitative estimate of drug-likeness (QED) is 0.722. The summed E-state index contributed by atoms with van der Waals surface area (Å²) in [6.07, 6.45) is 5.24. The molecule has 0 aliphatic rings. The van der Waals surface area contributed by atoms with Crippen molar-refractivity contribution in [1.29, 1.82) is 0 Å². The lowest BCUT2D eigenvalue weighted by atomic mass is 9.89. The molecule has 0 amide bonds. The zero-order valence-corrected chi connectivity index (χ0v) is 14.6. The summed E-state index contributed by atoms with van der Waals surface area (Å²) >= 11 is 3.79. The molecule has 0 saturated carbocycles. The summed E-state index contributed by atoms with van der Waals surface area (Å²) in [6, 6.07) is 0. The van der Waals surface area contributed by atoms with Gasteiger partial charge in [0.15, 0.2) is 0 Å². The van der Waals surface area contributed by atoms with E-state index in [4.69, 9.17) is 4.74 Å². The maximum Gasteiger partial charge on any atom is 0.128 e. The number of alkyl halides is 1. The van der Waals surface area contributed by atoms with Crippen LogP contribution in [0.1, 0.15) is 50.4 Å². The molecule has 108 valence electrons. The van der Waals surface area contributed by atoms with Crippen LogP contribution in [0.5, 0.6) is 5.75 Å². The highest BCUT2D eigenvalue weighted by molar-refractivity contribution is 9.09. The minimum absolute atomic E-state index is 0.313. The van der Waals surface area contributed by atoms with Gasteiger partial charge in [-0.2, -0.15) is 0 Å². The second-order valence-electron chi connectivity index (χ2n) is 6.27. The van der Waals surface area contributed by atoms with Crippen LogP contribution in [0.15, 0.2) is 6.20 Å². The van der Waals surface area contributed by atoms with E-state index in [1.807, 2.05) is 13.1 Å². The summed E-state index contributed by atoms with van der Waals surface area (Å²) in [5.74, 6) is 0.983. The number of rotatable bonds is 5. The van der Waals surface area contributed by atoms with E-state index in [0.29, 0.717) is 10.2 Å². The van der Waals surface area contributed by atoms with Gasteiger partial charge in [0.2, 0.25) is 0 Å². The predicted molar refractivity (Wildman–Crippen MR) is 85.4 cm³/mol. The van der Waals surface area contributed by atoms with Crippen LogP contribution in [-0.2, 0) is 6.42 Å². The summed E-state index contributed by atoms with van der Waals surface area (Å²) < 4.78 is 5.45. The van der Waals surface area contributed by atoms with Gasteiger partial charge in [0.1, 0.15) is 5.75 Å². The van der Waals surface area contributed by atoms with E-state index in [-0.39, 0.29) is 0 Å². The van der Waals surface area contributed by atoms with E-state index < -0.39 is 0 Å². The molecule has 0 aliphatic carbocycles. The van der Waals surface area contributed by atoms with Gasteiger partial charge in [0.25, 0.3) is 0 Å². The third-order valence-electron chi connectivity index (χ3n) is 3.56. The summed E-state index contributed by atoms with van der Waals surface area (Å²) in [4.78, 5) is 5.10. The summed E-state index contributed by atoms with van der Waals surface area (Å²) in [6.45, 7) is 10.9. The first-order valence-electron chi connectivity index (χ1n) is 6.90. The van der Waals surface area contributed by atoms with E-state index in [9.17, 15) is 0 Å². The number of ether oxygens (including phenoxy) is 1. The Balaban J connectivity index is 2.64. The average Bonchev–Trinajstić information content (AvgIpc) is 2.31. The van der Waals surface area contributed by atoms with E-state index in [1.54, 1.807) is 7.11 Å². The van der Waals surface area contributed by atoms with Crippen molar-refractivity contribution < 1.29 is 4.74 Å². The fraction of sp³-hybridized carbons (Fsp3) is 0.688. The van der Waals surface area contributed by atoms with Crippen molar-refractivity contribution in [3.8, 4) is 5.75 Å². The zero-order chi connectivity index (χ0) is 14.6. The number of halogens is 1. The molecule has 1 aromatic heterocycles. The third-order valence-corrected chi connectivity index (χ3v) is 5.39. The number of hydrogen-bond donors (Lipinski definition) is 0. The molecule has 0 bridgehead atoms. The van der Waals surface area contributed by atoms with E-state index in [0.717, 1.165) is 29.8 Å². The molecule has 0 radical (unpaired) electrons. The smallest absolute Gasteiger partial charge is 0.128 e. The van der Waals surface area contributed by atoms with Crippen molar-refractivity contribution in [3.63, 3.8) is 0 Å². The zero-order valence-electron chi connectivity index (χ0n) is 13.0. The van der Waals surface area contributed by atoms with Crippen molar-refractivity contribution in [2.45, 2.75) is 58.7 Å². The molecular weight excluding hydrogens is 302 g/mol. The lowest BCUT2D eigenvalue weighted by molar-refractivity contribution is 0.379. The predicted octanol–water partition coefficient (Wildman–Crippen LogP) is 4.84. The average molecular weight is 328 g/mol. The summed E-state index contributed by atoms with van der Waals surface area (Å²) in [5.41, 5.74) is 3.77. The molecule has 0 N–H and O–H groups in total. The molecule has 3 heteroatoms. The molecule has 1 rings (SSSR count). The van der Waals surface area contributed by atoms with Crippen LogP contribution < -0.4 is 4.74 Å². The Hall–Kier alpha value is -0.570. The standard InChI is InChI=1S/C16H26BrNO/c1-11-10-18-13(12(2)15(11)19-6)8-7-9-14(17)16(3,4)5/h10,14H,7-9H2,1-6H3. The molecule has 1 heterocycles. The normalized spacial score (nSPS) is 13.4. The first-order chi connectivity index (χ1) is 8.77. The number of aromatic nitrogens is 1. The second-order valence-corrected chi connectivity index (χ2v) is 7.38.